The lowest BCUT2D eigenvalue weighted by Gasteiger charge is -2.28. The van der Waals surface area contributed by atoms with Crippen LogP contribution in [0.1, 0.15) is 51.6 Å². The predicted octanol–water partition coefficient (Wildman–Crippen LogP) is 4.15. The molecule has 0 saturated heterocycles. The third-order valence-corrected chi connectivity index (χ3v) is 5.74. The van der Waals surface area contributed by atoms with Crippen molar-refractivity contribution in [2.45, 2.75) is 52.1 Å². The van der Waals surface area contributed by atoms with Gasteiger partial charge in [-0.25, -0.2) is 5.84 Å². The molecular weight excluding hydrogens is 360 g/mol. The molecule has 0 spiro atoms. The molecule has 1 aromatic heterocycles. The van der Waals surface area contributed by atoms with Crippen LogP contribution in [-0.4, -0.2) is 27.7 Å². The Labute approximate surface area is 175 Å². The van der Waals surface area contributed by atoms with Gasteiger partial charge in [0, 0.05) is 12.4 Å². The normalized spacial score (nSPS) is 25.6. The molecule has 1 aliphatic carbocycles. The van der Waals surface area contributed by atoms with Crippen molar-refractivity contribution in [3.63, 3.8) is 0 Å². The van der Waals surface area contributed by atoms with Crippen LogP contribution in [0.25, 0.3) is 5.70 Å². The number of aliphatic hydroxyl groups is 1. The lowest BCUT2D eigenvalue weighted by molar-refractivity contribution is 0.0890. The molecule has 3 unspecified atom stereocenters. The quantitative estimate of drug-likeness (QED) is 0.291. The van der Waals surface area contributed by atoms with Crippen molar-refractivity contribution in [2.24, 2.45) is 23.4 Å². The van der Waals surface area contributed by atoms with Gasteiger partial charge in [-0.15, -0.1) is 0 Å². The Morgan fingerprint density at radius 1 is 1.34 bits per heavy atom. The van der Waals surface area contributed by atoms with E-state index in [-0.39, 0.29) is 17.9 Å². The minimum absolute atomic E-state index is 0.229. The summed E-state index contributed by atoms with van der Waals surface area (Å²) < 4.78 is 0. The molecule has 0 aliphatic heterocycles. The molecule has 1 heterocycles. The van der Waals surface area contributed by atoms with Crippen LogP contribution in [0.15, 0.2) is 66.5 Å². The fraction of sp³-hybridized carbons (Fsp3) is 0.458. The zero-order valence-electron chi connectivity index (χ0n) is 17.8. The first kappa shape index (κ1) is 22.9. The van der Waals surface area contributed by atoms with E-state index < -0.39 is 0 Å². The second-order valence-corrected chi connectivity index (χ2v) is 8.23. The van der Waals surface area contributed by atoms with E-state index in [2.05, 4.69) is 31.1 Å². The lowest BCUT2D eigenvalue weighted by Crippen LogP contribution is -2.29. The van der Waals surface area contributed by atoms with Crippen LogP contribution < -0.4 is 11.6 Å². The molecule has 0 fully saturated rings. The maximum atomic E-state index is 10.6. The highest BCUT2D eigenvalue weighted by Gasteiger charge is 2.23. The molecule has 2 rings (SSSR count). The first-order chi connectivity index (χ1) is 13.8. The molecule has 29 heavy (non-hydrogen) atoms. The Morgan fingerprint density at radius 3 is 2.76 bits per heavy atom. The average Bonchev–Trinajstić information content (AvgIpc) is 2.69. The number of nitrogens with two attached hydrogens (primary N) is 2. The molecular formula is C24H36N4O. The summed E-state index contributed by atoms with van der Waals surface area (Å²) in [5, 5.41) is 12.2. The first-order valence-electron chi connectivity index (χ1n) is 10.4. The first-order valence-corrected chi connectivity index (χ1v) is 10.4. The molecule has 0 radical (unpaired) electrons. The molecule has 1 aromatic rings. The Kier molecular flexibility index (Phi) is 8.68. The Morgan fingerprint density at radius 2 is 2.10 bits per heavy atom. The van der Waals surface area contributed by atoms with Crippen LogP contribution in [0.3, 0.4) is 0 Å². The number of aromatic nitrogens is 1. The number of hydrogen-bond donors (Lipinski definition) is 3. The number of nitrogens with zero attached hydrogens (tertiary/aromatic N) is 2. The fourth-order valence-corrected chi connectivity index (χ4v) is 3.71. The summed E-state index contributed by atoms with van der Waals surface area (Å²) in [4.78, 5) is 4.26. The fourth-order valence-electron chi connectivity index (χ4n) is 3.71. The maximum absolute atomic E-state index is 10.6. The van der Waals surface area contributed by atoms with Crippen molar-refractivity contribution in [1.29, 1.82) is 0 Å². The zero-order valence-corrected chi connectivity index (χ0v) is 17.8. The minimum Gasteiger partial charge on any atom is -0.396 e. The SMILES string of the molecule is C=C(C)C(=C)C1CC/C(CN(N)/C=C(\N)c2ccccn2)=C\CCC(C)C(O)C1. The molecule has 0 saturated carbocycles. The second kappa shape index (κ2) is 11.0. The molecule has 5 heteroatoms. The zero-order chi connectivity index (χ0) is 21.4. The number of allylic oxidation sites excluding steroid dienone is 3. The van der Waals surface area contributed by atoms with Crippen molar-refractivity contribution in [1.82, 2.24) is 9.99 Å². The van der Waals surface area contributed by atoms with Crippen LogP contribution >= 0.6 is 0 Å². The number of hydrazine groups is 1. The van der Waals surface area contributed by atoms with E-state index in [1.807, 2.05) is 25.1 Å². The predicted molar refractivity (Wildman–Crippen MR) is 121 cm³/mol. The molecule has 1 aliphatic rings. The van der Waals surface area contributed by atoms with E-state index in [0.29, 0.717) is 17.9 Å². The largest absolute Gasteiger partial charge is 0.396 e. The van der Waals surface area contributed by atoms with Gasteiger partial charge >= 0.3 is 0 Å². The van der Waals surface area contributed by atoms with E-state index in [0.717, 1.165) is 43.3 Å². The molecule has 0 bridgehead atoms. The highest BCUT2D eigenvalue weighted by molar-refractivity contribution is 5.58. The van der Waals surface area contributed by atoms with Gasteiger partial charge in [-0.2, -0.15) is 0 Å². The lowest BCUT2D eigenvalue weighted by atomic mass is 9.81. The minimum atomic E-state index is -0.307. The van der Waals surface area contributed by atoms with Crippen molar-refractivity contribution < 1.29 is 5.11 Å². The molecule has 3 atom stereocenters. The summed E-state index contributed by atoms with van der Waals surface area (Å²) in [6.07, 6.45) is 9.86. The second-order valence-electron chi connectivity index (χ2n) is 8.23. The molecule has 158 valence electrons. The van der Waals surface area contributed by atoms with Crippen LogP contribution in [0.2, 0.25) is 0 Å². The van der Waals surface area contributed by atoms with Gasteiger partial charge in [-0.3, -0.25) is 4.98 Å². The highest BCUT2D eigenvalue weighted by atomic mass is 16.3. The highest BCUT2D eigenvalue weighted by Crippen LogP contribution is 2.31. The summed E-state index contributed by atoms with van der Waals surface area (Å²) in [7, 11) is 0. The molecule has 0 amide bonds. The Balaban J connectivity index is 2.10. The summed E-state index contributed by atoms with van der Waals surface area (Å²) in [6.45, 7) is 13.0. The van der Waals surface area contributed by atoms with E-state index in [1.54, 1.807) is 17.4 Å². The third kappa shape index (κ3) is 7.18. The monoisotopic (exact) mass is 396 g/mol. The van der Waals surface area contributed by atoms with Gasteiger partial charge in [0.2, 0.25) is 0 Å². The Hall–Kier alpha value is -2.37. The standard InChI is InChI=1S/C24H36N4O/c1-17(2)19(4)21-12-11-20(9-7-8-18(3)24(29)14-21)15-28(26)16-22(25)23-10-5-6-13-27-23/h5-6,9-10,13,16,18,21,24,29H,1,4,7-8,11-12,14-15,25-26H2,2-3H3/b20-9+,22-16-. The van der Waals surface area contributed by atoms with E-state index >= 15 is 0 Å². The maximum Gasteiger partial charge on any atom is 0.0874 e. The van der Waals surface area contributed by atoms with Gasteiger partial charge in [0.25, 0.3) is 0 Å². The molecule has 0 aromatic carbocycles. The van der Waals surface area contributed by atoms with Gasteiger partial charge in [-0.05, 0) is 68.6 Å². The van der Waals surface area contributed by atoms with Crippen LogP contribution in [0, 0.1) is 11.8 Å². The number of rotatable bonds is 6. The van der Waals surface area contributed by atoms with E-state index in [9.17, 15) is 5.11 Å². The van der Waals surface area contributed by atoms with Gasteiger partial charge in [-0.1, -0.05) is 43.4 Å². The average molecular weight is 397 g/mol. The number of pyridine rings is 1. The van der Waals surface area contributed by atoms with Gasteiger partial charge in [0.15, 0.2) is 0 Å². The third-order valence-electron chi connectivity index (χ3n) is 5.74. The van der Waals surface area contributed by atoms with Gasteiger partial charge in [0.1, 0.15) is 0 Å². The van der Waals surface area contributed by atoms with E-state index in [1.165, 1.54) is 5.57 Å². The van der Waals surface area contributed by atoms with Gasteiger partial charge in [0.05, 0.1) is 24.0 Å². The van der Waals surface area contributed by atoms with Crippen LogP contribution in [0.4, 0.5) is 0 Å². The van der Waals surface area contributed by atoms with Crippen molar-refractivity contribution in [2.75, 3.05) is 6.54 Å². The summed E-state index contributed by atoms with van der Waals surface area (Å²) in [5.41, 5.74) is 10.7. The van der Waals surface area contributed by atoms with Gasteiger partial charge < -0.3 is 15.8 Å². The van der Waals surface area contributed by atoms with Crippen molar-refractivity contribution >= 4 is 5.70 Å². The summed E-state index contributed by atoms with van der Waals surface area (Å²) in [6, 6.07) is 5.62. The number of hydrogen-bond acceptors (Lipinski definition) is 5. The molecule has 5 nitrogen and oxygen atoms in total. The van der Waals surface area contributed by atoms with E-state index in [4.69, 9.17) is 11.6 Å². The van der Waals surface area contributed by atoms with Crippen LogP contribution in [-0.2, 0) is 0 Å². The van der Waals surface area contributed by atoms with Crippen LogP contribution in [0.5, 0.6) is 0 Å². The summed E-state index contributed by atoms with van der Waals surface area (Å²) in [5.74, 6) is 6.71. The Bertz CT molecular complexity index is 753. The molecule has 5 N–H and O–H groups in total. The number of aliphatic hydroxyl groups excluding tert-OH is 1. The topological polar surface area (TPSA) is 88.4 Å². The smallest absolute Gasteiger partial charge is 0.0874 e. The van der Waals surface area contributed by atoms with Crippen molar-refractivity contribution in [3.8, 4) is 0 Å². The summed E-state index contributed by atoms with van der Waals surface area (Å²) >= 11 is 0. The van der Waals surface area contributed by atoms with Crippen molar-refractivity contribution in [3.05, 3.63) is 72.2 Å².